The maximum absolute atomic E-state index is 12.5. The molecule has 0 radical (unpaired) electrons. The minimum atomic E-state index is -4.08. The Kier molecular flexibility index (Phi) is 4.63. The van der Waals surface area contributed by atoms with Gasteiger partial charge < -0.3 is 4.74 Å². The predicted molar refractivity (Wildman–Crippen MR) is 85.5 cm³/mol. The first kappa shape index (κ1) is 17.3. The smallest absolute Gasteiger partial charge is 0.261 e. The van der Waals surface area contributed by atoms with Gasteiger partial charge in [-0.25, -0.2) is 13.6 Å². The lowest BCUT2D eigenvalue weighted by atomic mass is 10.1. The number of sulfonamides is 1. The maximum Gasteiger partial charge on any atom is 0.261 e. The van der Waals surface area contributed by atoms with Crippen LogP contribution in [0.1, 0.15) is 20.7 Å². The van der Waals surface area contributed by atoms with Crippen molar-refractivity contribution in [1.29, 1.82) is 0 Å². The molecule has 0 unspecified atom stereocenters. The van der Waals surface area contributed by atoms with Gasteiger partial charge in [0, 0.05) is 26.2 Å². The molecular formula is C14H16ClN3O5S. The molecule has 1 fully saturated rings. The first-order valence-electron chi connectivity index (χ1n) is 7.31. The van der Waals surface area contributed by atoms with Crippen LogP contribution in [-0.4, -0.2) is 69.4 Å². The van der Waals surface area contributed by atoms with E-state index in [2.05, 4.69) is 4.90 Å². The third-order valence-electron chi connectivity index (χ3n) is 4.07. The normalized spacial score (nSPS) is 19.0. The maximum atomic E-state index is 12.5. The molecule has 10 heteroatoms. The minimum Gasteiger partial charge on any atom is -0.379 e. The SMILES string of the molecule is NS(=O)(=O)c1cc2c(cc1Cl)C(=O)N(CCN1CCOCC1)C2=O. The van der Waals surface area contributed by atoms with E-state index in [1.807, 2.05) is 0 Å². The van der Waals surface area contributed by atoms with E-state index in [0.717, 1.165) is 24.1 Å². The third-order valence-corrected chi connectivity index (χ3v) is 5.45. The molecule has 2 aliphatic rings. The number of amides is 2. The van der Waals surface area contributed by atoms with E-state index in [4.69, 9.17) is 21.5 Å². The highest BCUT2D eigenvalue weighted by atomic mass is 35.5. The number of morpholine rings is 1. The molecule has 1 aromatic carbocycles. The number of hydrogen-bond acceptors (Lipinski definition) is 6. The van der Waals surface area contributed by atoms with E-state index in [9.17, 15) is 18.0 Å². The zero-order chi connectivity index (χ0) is 17.5. The molecule has 1 aromatic rings. The van der Waals surface area contributed by atoms with Gasteiger partial charge in [0.05, 0.1) is 29.4 Å². The second-order valence-corrected chi connectivity index (χ2v) is 7.53. The van der Waals surface area contributed by atoms with Gasteiger partial charge in [-0.15, -0.1) is 0 Å². The predicted octanol–water partition coefficient (Wildman–Crippen LogP) is -0.0844. The van der Waals surface area contributed by atoms with Gasteiger partial charge in [-0.1, -0.05) is 11.6 Å². The summed E-state index contributed by atoms with van der Waals surface area (Å²) in [4.78, 5) is 27.7. The highest BCUT2D eigenvalue weighted by Crippen LogP contribution is 2.30. The summed E-state index contributed by atoms with van der Waals surface area (Å²) in [6.07, 6.45) is 0. The lowest BCUT2D eigenvalue weighted by Gasteiger charge is -2.27. The molecule has 3 rings (SSSR count). The number of halogens is 1. The van der Waals surface area contributed by atoms with Crippen molar-refractivity contribution < 1.29 is 22.7 Å². The Hall–Kier alpha value is -1.52. The number of carbonyl (C=O) groups excluding carboxylic acids is 2. The molecule has 8 nitrogen and oxygen atoms in total. The van der Waals surface area contributed by atoms with Crippen molar-refractivity contribution in [3.8, 4) is 0 Å². The van der Waals surface area contributed by atoms with Gasteiger partial charge in [0.2, 0.25) is 10.0 Å². The Labute approximate surface area is 144 Å². The lowest BCUT2D eigenvalue weighted by molar-refractivity contribution is 0.0325. The van der Waals surface area contributed by atoms with Crippen LogP contribution in [0.25, 0.3) is 0 Å². The van der Waals surface area contributed by atoms with Gasteiger partial charge in [0.25, 0.3) is 11.8 Å². The third kappa shape index (κ3) is 3.17. The highest BCUT2D eigenvalue weighted by Gasteiger charge is 2.37. The van der Waals surface area contributed by atoms with Crippen molar-refractivity contribution in [2.45, 2.75) is 4.90 Å². The summed E-state index contributed by atoms with van der Waals surface area (Å²) in [5.41, 5.74) is 0.106. The summed E-state index contributed by atoms with van der Waals surface area (Å²) in [7, 11) is -4.08. The summed E-state index contributed by atoms with van der Waals surface area (Å²) in [5.74, 6) is -1.02. The van der Waals surface area contributed by atoms with Crippen molar-refractivity contribution >= 4 is 33.4 Å². The van der Waals surface area contributed by atoms with E-state index in [1.54, 1.807) is 0 Å². The number of hydrogen-bond donors (Lipinski definition) is 1. The van der Waals surface area contributed by atoms with Gasteiger partial charge in [0.15, 0.2) is 0 Å². The number of imide groups is 1. The first-order valence-corrected chi connectivity index (χ1v) is 9.24. The van der Waals surface area contributed by atoms with Gasteiger partial charge in [-0.05, 0) is 12.1 Å². The van der Waals surface area contributed by atoms with Crippen molar-refractivity contribution in [3.05, 3.63) is 28.3 Å². The lowest BCUT2D eigenvalue weighted by Crippen LogP contribution is -2.42. The number of nitrogens with two attached hydrogens (primary N) is 1. The van der Waals surface area contributed by atoms with Crippen LogP contribution >= 0.6 is 11.6 Å². The number of benzene rings is 1. The zero-order valence-electron chi connectivity index (χ0n) is 12.7. The Morgan fingerprint density at radius 1 is 1.08 bits per heavy atom. The Morgan fingerprint density at radius 3 is 2.25 bits per heavy atom. The summed E-state index contributed by atoms with van der Waals surface area (Å²) in [6.45, 7) is 3.47. The molecule has 24 heavy (non-hydrogen) atoms. The Balaban J connectivity index is 1.83. The summed E-state index contributed by atoms with van der Waals surface area (Å²) < 4.78 is 28.3. The minimum absolute atomic E-state index is 0.00963. The Bertz CT molecular complexity index is 805. The molecular weight excluding hydrogens is 358 g/mol. The van der Waals surface area contributed by atoms with Gasteiger partial charge in [-0.2, -0.15) is 0 Å². The topological polar surface area (TPSA) is 110 Å². The molecule has 1 saturated heterocycles. The van der Waals surface area contributed by atoms with Gasteiger partial charge >= 0.3 is 0 Å². The number of carbonyl (C=O) groups is 2. The fourth-order valence-corrected chi connectivity index (χ4v) is 3.88. The van der Waals surface area contributed by atoms with Crippen LogP contribution < -0.4 is 5.14 Å². The monoisotopic (exact) mass is 373 g/mol. The molecule has 2 amide bonds. The quantitative estimate of drug-likeness (QED) is 0.739. The van der Waals surface area contributed by atoms with Crippen LogP contribution in [0.15, 0.2) is 17.0 Å². The van der Waals surface area contributed by atoms with Crippen LogP contribution in [0, 0.1) is 0 Å². The molecule has 2 aliphatic heterocycles. The summed E-state index contributed by atoms with van der Waals surface area (Å²) >= 11 is 5.89. The van der Waals surface area contributed by atoms with Crippen molar-refractivity contribution in [3.63, 3.8) is 0 Å². The molecule has 2 N–H and O–H groups in total. The number of ether oxygens (including phenoxy) is 1. The van der Waals surface area contributed by atoms with Crippen LogP contribution in [0.2, 0.25) is 5.02 Å². The fourth-order valence-electron chi connectivity index (χ4n) is 2.78. The standard InChI is InChI=1S/C14H16ClN3O5S/c15-11-7-9-10(8-12(11)24(16,21)22)14(20)18(13(9)19)2-1-17-3-5-23-6-4-17/h7-8H,1-6H2,(H2,16,21,22). The van der Waals surface area contributed by atoms with Crippen LogP contribution in [-0.2, 0) is 14.8 Å². The van der Waals surface area contributed by atoms with Crippen molar-refractivity contribution in [2.24, 2.45) is 5.14 Å². The Morgan fingerprint density at radius 2 is 1.67 bits per heavy atom. The van der Waals surface area contributed by atoms with Crippen LogP contribution in [0.3, 0.4) is 0 Å². The van der Waals surface area contributed by atoms with Crippen molar-refractivity contribution in [2.75, 3.05) is 39.4 Å². The van der Waals surface area contributed by atoms with E-state index in [0.29, 0.717) is 19.8 Å². The average Bonchev–Trinajstić information content (AvgIpc) is 2.75. The van der Waals surface area contributed by atoms with E-state index < -0.39 is 21.8 Å². The van der Waals surface area contributed by atoms with E-state index >= 15 is 0 Å². The highest BCUT2D eigenvalue weighted by molar-refractivity contribution is 7.89. The molecule has 130 valence electrons. The average molecular weight is 374 g/mol. The zero-order valence-corrected chi connectivity index (χ0v) is 14.3. The fraction of sp³-hybridized carbons (Fsp3) is 0.429. The van der Waals surface area contributed by atoms with Crippen molar-refractivity contribution in [1.82, 2.24) is 9.80 Å². The summed E-state index contributed by atoms with van der Waals surface area (Å²) in [6, 6.07) is 2.26. The second-order valence-electron chi connectivity index (χ2n) is 5.59. The number of primary sulfonamides is 1. The summed E-state index contributed by atoms with van der Waals surface area (Å²) in [5, 5.41) is 4.91. The molecule has 2 heterocycles. The molecule has 0 bridgehead atoms. The number of rotatable bonds is 4. The van der Waals surface area contributed by atoms with Gasteiger partial charge in [0.1, 0.15) is 4.90 Å². The molecule has 0 atom stereocenters. The largest absolute Gasteiger partial charge is 0.379 e. The second kappa shape index (κ2) is 6.41. The van der Waals surface area contributed by atoms with E-state index in [-0.39, 0.29) is 27.6 Å². The van der Waals surface area contributed by atoms with Crippen LogP contribution in [0.4, 0.5) is 0 Å². The number of fused-ring (bicyclic) bond motifs is 1. The first-order chi connectivity index (χ1) is 11.3. The molecule has 0 spiro atoms. The molecule has 0 aromatic heterocycles. The molecule has 0 aliphatic carbocycles. The van der Waals surface area contributed by atoms with E-state index in [1.165, 1.54) is 6.07 Å². The number of nitrogens with zero attached hydrogens (tertiary/aromatic N) is 2. The molecule has 0 saturated carbocycles. The van der Waals surface area contributed by atoms with Crippen LogP contribution in [0.5, 0.6) is 0 Å². The van der Waals surface area contributed by atoms with Gasteiger partial charge in [-0.3, -0.25) is 19.4 Å².